The quantitative estimate of drug-likeness (QED) is 0.390. The summed E-state index contributed by atoms with van der Waals surface area (Å²) >= 11 is 0. The van der Waals surface area contributed by atoms with E-state index in [1.165, 1.54) is 44.9 Å². The Bertz CT molecular complexity index is 125. The van der Waals surface area contributed by atoms with Crippen molar-refractivity contribution in [2.75, 3.05) is 13.6 Å². The van der Waals surface area contributed by atoms with Crippen molar-refractivity contribution >= 4 is 6.41 Å². The average Bonchev–Trinajstić information content (AvgIpc) is 2.21. The van der Waals surface area contributed by atoms with Crippen LogP contribution in [0.3, 0.4) is 0 Å². The van der Waals surface area contributed by atoms with Crippen LogP contribution in [0.15, 0.2) is 0 Å². The number of rotatable bonds is 10. The van der Waals surface area contributed by atoms with Crippen LogP contribution in [0.5, 0.6) is 0 Å². The van der Waals surface area contributed by atoms with Crippen LogP contribution < -0.4 is 0 Å². The molecule has 0 aliphatic rings. The van der Waals surface area contributed by atoms with Crippen molar-refractivity contribution in [3.63, 3.8) is 0 Å². The Balaban J connectivity index is 2.95. The summed E-state index contributed by atoms with van der Waals surface area (Å²) in [4.78, 5) is 11.7. The molecule has 2 heteroatoms. The predicted octanol–water partition coefficient (Wildman–Crippen LogP) is 3.13. The highest BCUT2D eigenvalue weighted by atomic mass is 16.1. The van der Waals surface area contributed by atoms with E-state index in [-0.39, 0.29) is 0 Å². The van der Waals surface area contributed by atoms with E-state index in [4.69, 9.17) is 0 Å². The Morgan fingerprint density at radius 3 is 1.93 bits per heavy atom. The second kappa shape index (κ2) is 10.6. The van der Waals surface area contributed by atoms with Gasteiger partial charge in [-0.25, -0.2) is 0 Å². The van der Waals surface area contributed by atoms with Crippen molar-refractivity contribution in [3.05, 3.63) is 0 Å². The van der Waals surface area contributed by atoms with Gasteiger partial charge in [-0.3, -0.25) is 4.79 Å². The molecule has 0 fully saturated rings. The number of hydrogen-bond acceptors (Lipinski definition) is 1. The Kier molecular flexibility index (Phi) is 10.2. The second-order valence-electron chi connectivity index (χ2n) is 3.99. The van der Waals surface area contributed by atoms with Crippen LogP contribution in [0, 0.1) is 0 Å². The molecule has 0 aromatic carbocycles. The van der Waals surface area contributed by atoms with Gasteiger partial charge in [0.25, 0.3) is 0 Å². The zero-order valence-corrected chi connectivity index (χ0v) is 9.72. The van der Waals surface area contributed by atoms with Crippen molar-refractivity contribution in [1.29, 1.82) is 0 Å². The zero-order valence-electron chi connectivity index (χ0n) is 9.72. The molecule has 0 aromatic heterocycles. The average molecular weight is 198 g/mol. The molecule has 1 amide bonds. The van der Waals surface area contributed by atoms with Gasteiger partial charge in [0.1, 0.15) is 0 Å². The third-order valence-electron chi connectivity index (χ3n) is 2.50. The molecule has 0 aromatic rings. The van der Waals surface area contributed by atoms with E-state index < -0.39 is 0 Å². The van der Waals surface area contributed by atoms with Crippen molar-refractivity contribution in [2.45, 2.75) is 58.3 Å². The van der Waals surface area contributed by atoms with Gasteiger partial charge >= 0.3 is 6.41 Å². The molecule has 0 saturated heterocycles. The first-order valence-corrected chi connectivity index (χ1v) is 5.90. The molecule has 1 radical (unpaired) electrons. The molecule has 0 unspecified atom stereocenters. The van der Waals surface area contributed by atoms with Crippen LogP contribution in [0.25, 0.3) is 0 Å². The normalized spacial score (nSPS) is 10.1. The van der Waals surface area contributed by atoms with E-state index in [9.17, 15) is 4.79 Å². The van der Waals surface area contributed by atoms with Crippen LogP contribution in [0.2, 0.25) is 0 Å². The molecule has 0 heterocycles. The van der Waals surface area contributed by atoms with E-state index in [2.05, 4.69) is 6.92 Å². The molecular weight excluding hydrogens is 174 g/mol. The van der Waals surface area contributed by atoms with Gasteiger partial charge in [-0.05, 0) is 6.42 Å². The third kappa shape index (κ3) is 9.56. The van der Waals surface area contributed by atoms with Crippen molar-refractivity contribution < 1.29 is 4.79 Å². The van der Waals surface area contributed by atoms with Crippen LogP contribution in [-0.2, 0) is 4.79 Å². The Labute approximate surface area is 88.7 Å². The third-order valence-corrected chi connectivity index (χ3v) is 2.50. The van der Waals surface area contributed by atoms with Gasteiger partial charge in [0.2, 0.25) is 0 Å². The molecule has 83 valence electrons. The maximum absolute atomic E-state index is 10.1. The molecule has 0 rings (SSSR count). The lowest BCUT2D eigenvalue weighted by atomic mass is 10.1. The minimum atomic E-state index is 0.860. The number of carbonyl (C=O) groups excluding carboxylic acids is 1. The zero-order chi connectivity index (χ0) is 10.6. The van der Waals surface area contributed by atoms with E-state index >= 15 is 0 Å². The molecular formula is C12H24NO. The molecule has 0 N–H and O–H groups in total. The predicted molar refractivity (Wildman–Crippen MR) is 60.9 cm³/mol. The van der Waals surface area contributed by atoms with Crippen molar-refractivity contribution in [2.24, 2.45) is 0 Å². The molecule has 0 saturated carbocycles. The molecule has 0 bridgehead atoms. The monoisotopic (exact) mass is 198 g/mol. The Morgan fingerprint density at radius 1 is 0.929 bits per heavy atom. The molecule has 0 aliphatic carbocycles. The SMILES string of the molecule is CCCCCCCCCCN(C)[C]=O. The van der Waals surface area contributed by atoms with Crippen LogP contribution in [-0.4, -0.2) is 24.9 Å². The van der Waals surface area contributed by atoms with Crippen LogP contribution in [0.1, 0.15) is 58.3 Å². The summed E-state index contributed by atoms with van der Waals surface area (Å²) in [5, 5.41) is 0. The highest BCUT2D eigenvalue weighted by Crippen LogP contribution is 2.08. The number of nitrogens with zero attached hydrogens (tertiary/aromatic N) is 1. The fourth-order valence-corrected chi connectivity index (χ4v) is 1.53. The lowest BCUT2D eigenvalue weighted by Gasteiger charge is -2.08. The number of hydrogen-bond donors (Lipinski definition) is 0. The number of unbranched alkanes of at least 4 members (excludes halogenated alkanes) is 7. The lowest BCUT2D eigenvalue weighted by Crippen LogP contribution is -2.16. The maximum atomic E-state index is 10.1. The second-order valence-corrected chi connectivity index (χ2v) is 3.99. The summed E-state index contributed by atoms with van der Waals surface area (Å²) in [6, 6.07) is 0. The Morgan fingerprint density at radius 2 is 1.43 bits per heavy atom. The largest absolute Gasteiger partial charge is 0.338 e. The molecule has 14 heavy (non-hydrogen) atoms. The summed E-state index contributed by atoms with van der Waals surface area (Å²) in [5.41, 5.74) is 0. The summed E-state index contributed by atoms with van der Waals surface area (Å²) in [6.07, 6.45) is 12.4. The number of amides is 1. The van der Waals surface area contributed by atoms with Gasteiger partial charge in [0, 0.05) is 13.6 Å². The lowest BCUT2D eigenvalue weighted by molar-refractivity contribution is 0.418. The molecule has 0 spiro atoms. The first-order valence-electron chi connectivity index (χ1n) is 5.90. The fourth-order valence-electron chi connectivity index (χ4n) is 1.53. The highest BCUT2D eigenvalue weighted by Gasteiger charge is 1.94. The summed E-state index contributed by atoms with van der Waals surface area (Å²) in [5.74, 6) is 0. The fraction of sp³-hybridized carbons (Fsp3) is 0.917. The van der Waals surface area contributed by atoms with E-state index in [1.807, 2.05) is 6.41 Å². The van der Waals surface area contributed by atoms with Gasteiger partial charge in [-0.15, -0.1) is 0 Å². The topological polar surface area (TPSA) is 20.3 Å². The maximum Gasteiger partial charge on any atom is 0.311 e. The van der Waals surface area contributed by atoms with Gasteiger partial charge in [0.05, 0.1) is 0 Å². The standard InChI is InChI=1S/C12H24NO/c1-3-4-5-6-7-8-9-10-11-13(2)12-14/h3-11H2,1-2H3. The summed E-state index contributed by atoms with van der Waals surface area (Å²) in [7, 11) is 1.79. The summed E-state index contributed by atoms with van der Waals surface area (Å²) in [6.45, 7) is 3.10. The van der Waals surface area contributed by atoms with E-state index in [0.29, 0.717) is 0 Å². The van der Waals surface area contributed by atoms with Gasteiger partial charge in [-0.1, -0.05) is 51.9 Å². The molecule has 0 atom stereocenters. The van der Waals surface area contributed by atoms with Gasteiger partial charge < -0.3 is 4.90 Å². The molecule has 2 nitrogen and oxygen atoms in total. The first-order chi connectivity index (χ1) is 6.81. The Hall–Kier alpha value is -0.530. The van der Waals surface area contributed by atoms with E-state index in [0.717, 1.165) is 13.0 Å². The van der Waals surface area contributed by atoms with Crippen molar-refractivity contribution in [1.82, 2.24) is 4.90 Å². The van der Waals surface area contributed by atoms with Crippen LogP contribution >= 0.6 is 0 Å². The van der Waals surface area contributed by atoms with E-state index in [1.54, 1.807) is 11.9 Å². The first kappa shape index (κ1) is 13.5. The minimum Gasteiger partial charge on any atom is -0.338 e. The summed E-state index contributed by atoms with van der Waals surface area (Å²) < 4.78 is 0. The van der Waals surface area contributed by atoms with Crippen LogP contribution in [0.4, 0.5) is 0 Å². The smallest absolute Gasteiger partial charge is 0.311 e. The van der Waals surface area contributed by atoms with Crippen molar-refractivity contribution in [3.8, 4) is 0 Å². The van der Waals surface area contributed by atoms with Gasteiger partial charge in [-0.2, -0.15) is 0 Å². The minimum absolute atomic E-state index is 0.860. The highest BCUT2D eigenvalue weighted by molar-refractivity contribution is 5.47. The van der Waals surface area contributed by atoms with Gasteiger partial charge in [0.15, 0.2) is 0 Å². The molecule has 0 aliphatic heterocycles.